The fourth-order valence-corrected chi connectivity index (χ4v) is 3.85. The zero-order chi connectivity index (χ0) is 22.5. The third-order valence-corrected chi connectivity index (χ3v) is 5.26. The van der Waals surface area contributed by atoms with Crippen molar-refractivity contribution in [1.29, 1.82) is 0 Å². The fraction of sp³-hybridized carbons (Fsp3) is 1.00. The summed E-state index contributed by atoms with van der Waals surface area (Å²) in [7, 11) is -8.70. The molecule has 1 rings (SSSR count). The summed E-state index contributed by atoms with van der Waals surface area (Å²) < 4.78 is 218. The molecule has 0 bridgehead atoms. The molecule has 1 aliphatic carbocycles. The van der Waals surface area contributed by atoms with E-state index >= 15 is 0 Å². The maximum absolute atomic E-state index is 14.1. The highest BCUT2D eigenvalue weighted by molar-refractivity contribution is 7.87. The van der Waals surface area contributed by atoms with E-state index in [0.29, 0.717) is 0 Å². The van der Waals surface area contributed by atoms with Gasteiger partial charge in [-0.2, -0.15) is 69.9 Å². The average Bonchev–Trinajstić information content (AvgIpc) is 2.31. The molecule has 1 aliphatic rings. The number of alkyl halides is 15. The second-order valence-electron chi connectivity index (χ2n) is 5.11. The minimum atomic E-state index is -8.70. The van der Waals surface area contributed by atoms with Crippen molar-refractivity contribution in [2.45, 2.75) is 46.5 Å². The Morgan fingerprint density at radius 2 is 0.852 bits per heavy atom. The molecule has 0 amide bonds. The highest BCUT2D eigenvalue weighted by atomic mass is 32.2. The first kappa shape index (κ1) is 23.9. The van der Waals surface area contributed by atoms with Gasteiger partial charge in [-0.05, 0) is 0 Å². The van der Waals surface area contributed by atoms with Crippen LogP contribution in [0.5, 0.6) is 0 Å². The summed E-state index contributed by atoms with van der Waals surface area (Å²) in [5, 5.41) is 0. The Morgan fingerprint density at radius 3 is 1.07 bits per heavy atom. The van der Waals surface area contributed by atoms with Crippen molar-refractivity contribution in [2.24, 2.45) is 0 Å². The summed E-state index contributed by atoms with van der Waals surface area (Å²) in [6.07, 6.45) is -16.6. The summed E-state index contributed by atoms with van der Waals surface area (Å²) >= 11 is 0. The van der Waals surface area contributed by atoms with Gasteiger partial charge in [0.05, 0.1) is 0 Å². The molecule has 162 valence electrons. The minimum Gasteiger partial charge on any atom is -0.285 e. The Labute approximate surface area is 136 Å². The Morgan fingerprint density at radius 1 is 0.556 bits per heavy atom. The maximum Gasteiger partial charge on any atom is 0.431 e. The molecule has 1 fully saturated rings. The van der Waals surface area contributed by atoms with Gasteiger partial charge in [-0.3, -0.25) is 4.55 Å². The van der Waals surface area contributed by atoms with Crippen LogP contribution in [0.3, 0.4) is 0 Å². The molecule has 0 radical (unpaired) electrons. The lowest BCUT2D eigenvalue weighted by atomic mass is 9.66. The third-order valence-electron chi connectivity index (χ3n) is 3.72. The van der Waals surface area contributed by atoms with E-state index in [2.05, 4.69) is 0 Å². The highest BCUT2D eigenvalue weighted by Crippen LogP contribution is 2.75. The van der Waals surface area contributed by atoms with Crippen LogP contribution in [0.4, 0.5) is 65.9 Å². The van der Waals surface area contributed by atoms with Crippen molar-refractivity contribution in [3.05, 3.63) is 0 Å². The Kier molecular flexibility index (Phi) is 4.48. The van der Waals surface area contributed by atoms with Crippen LogP contribution < -0.4 is 0 Å². The van der Waals surface area contributed by atoms with Gasteiger partial charge in [0.15, 0.2) is 0 Å². The van der Waals surface area contributed by atoms with Crippen molar-refractivity contribution in [1.82, 2.24) is 0 Å². The van der Waals surface area contributed by atoms with E-state index in [1.807, 2.05) is 0 Å². The average molecular weight is 462 g/mol. The van der Waals surface area contributed by atoms with E-state index in [1.54, 1.807) is 0 Å². The molecular weight excluding hydrogens is 461 g/mol. The molecule has 19 heteroatoms. The SMILES string of the molecule is O=S(=O)(O)C1(C(F)(F)F)C(F)(F)C(F)(F)C(F)(F)C(F)(F)C1(F)C(F)(F)F. The molecule has 0 aromatic heterocycles. The van der Waals surface area contributed by atoms with Crippen molar-refractivity contribution in [3.8, 4) is 0 Å². The van der Waals surface area contributed by atoms with Crippen molar-refractivity contribution < 1.29 is 78.8 Å². The molecule has 0 heterocycles. The molecular formula is C8HF15O3S. The lowest BCUT2D eigenvalue weighted by molar-refractivity contribution is -0.489. The summed E-state index contributed by atoms with van der Waals surface area (Å²) in [5.74, 6) is -33.4. The highest BCUT2D eigenvalue weighted by Gasteiger charge is 3.10. The molecule has 0 aromatic carbocycles. The van der Waals surface area contributed by atoms with Gasteiger partial charge in [0, 0.05) is 0 Å². The van der Waals surface area contributed by atoms with Crippen LogP contribution in [-0.4, -0.2) is 59.4 Å². The van der Waals surface area contributed by atoms with Crippen molar-refractivity contribution in [3.63, 3.8) is 0 Å². The standard InChI is InChI=1S/C8HF15O3S/c9-1(7(18,19)20)2(8(21,22)23,27(24,25)26)4(12,13)6(16,17)5(14,15)3(1,10)11/h(H,24,25,26). The molecule has 27 heavy (non-hydrogen) atoms. The molecule has 1 saturated carbocycles. The summed E-state index contributed by atoms with van der Waals surface area (Å²) in [5.41, 5.74) is -8.66. The van der Waals surface area contributed by atoms with Crippen LogP contribution in [0.2, 0.25) is 0 Å². The predicted octanol–water partition coefficient (Wildman–Crippen LogP) is 4.00. The smallest absolute Gasteiger partial charge is 0.285 e. The van der Waals surface area contributed by atoms with Crippen LogP contribution in [0.1, 0.15) is 0 Å². The predicted molar refractivity (Wildman–Crippen MR) is 50.0 cm³/mol. The zero-order valence-electron chi connectivity index (χ0n) is 11.3. The Bertz CT molecular complexity index is 733. The molecule has 0 spiro atoms. The van der Waals surface area contributed by atoms with E-state index < -0.39 is 56.6 Å². The molecule has 2 unspecified atom stereocenters. The normalized spacial score (nSPS) is 35.7. The van der Waals surface area contributed by atoms with Gasteiger partial charge < -0.3 is 0 Å². The Hall–Kier alpha value is -1.14. The van der Waals surface area contributed by atoms with E-state index in [9.17, 15) is 74.3 Å². The zero-order valence-corrected chi connectivity index (χ0v) is 12.2. The molecule has 3 nitrogen and oxygen atoms in total. The van der Waals surface area contributed by atoms with E-state index in [-0.39, 0.29) is 0 Å². The second-order valence-corrected chi connectivity index (χ2v) is 6.67. The number of hydrogen-bond acceptors (Lipinski definition) is 2. The number of hydrogen-bond donors (Lipinski definition) is 1. The third kappa shape index (κ3) is 2.04. The Balaban J connectivity index is 4.58. The lowest BCUT2D eigenvalue weighted by Crippen LogP contribution is -2.93. The molecule has 2 atom stereocenters. The summed E-state index contributed by atoms with van der Waals surface area (Å²) in [6.45, 7) is 0. The topological polar surface area (TPSA) is 54.4 Å². The summed E-state index contributed by atoms with van der Waals surface area (Å²) in [4.78, 5) is 0. The van der Waals surface area contributed by atoms with E-state index in [0.717, 1.165) is 0 Å². The van der Waals surface area contributed by atoms with Crippen LogP contribution in [-0.2, 0) is 10.1 Å². The van der Waals surface area contributed by atoms with Gasteiger partial charge in [-0.1, -0.05) is 0 Å². The van der Waals surface area contributed by atoms with Gasteiger partial charge in [0.25, 0.3) is 10.1 Å². The number of rotatable bonds is 1. The molecule has 0 aromatic rings. The molecule has 0 aliphatic heterocycles. The van der Waals surface area contributed by atoms with Gasteiger partial charge in [-0.25, -0.2) is 4.39 Å². The fourth-order valence-electron chi connectivity index (χ4n) is 2.51. The van der Waals surface area contributed by atoms with Crippen molar-refractivity contribution in [2.75, 3.05) is 0 Å². The van der Waals surface area contributed by atoms with Gasteiger partial charge in [0.2, 0.25) is 0 Å². The monoisotopic (exact) mass is 462 g/mol. The lowest BCUT2D eigenvalue weighted by Gasteiger charge is -2.57. The van der Waals surface area contributed by atoms with Crippen LogP contribution in [0.25, 0.3) is 0 Å². The van der Waals surface area contributed by atoms with Crippen molar-refractivity contribution >= 4 is 10.1 Å². The first-order valence-electron chi connectivity index (χ1n) is 5.55. The molecule has 1 N–H and O–H groups in total. The van der Waals surface area contributed by atoms with Gasteiger partial charge in [0.1, 0.15) is 0 Å². The van der Waals surface area contributed by atoms with Crippen LogP contribution in [0.15, 0.2) is 0 Å². The first-order chi connectivity index (χ1) is 11.2. The van der Waals surface area contributed by atoms with Gasteiger partial charge >= 0.3 is 46.5 Å². The summed E-state index contributed by atoms with van der Waals surface area (Å²) in [6, 6.07) is 0. The maximum atomic E-state index is 14.1. The van der Waals surface area contributed by atoms with Gasteiger partial charge in [-0.15, -0.1) is 0 Å². The number of halogens is 15. The molecule has 0 saturated heterocycles. The van der Waals surface area contributed by atoms with E-state index in [1.165, 1.54) is 0 Å². The first-order valence-corrected chi connectivity index (χ1v) is 6.99. The largest absolute Gasteiger partial charge is 0.431 e. The van der Waals surface area contributed by atoms with Crippen LogP contribution >= 0.6 is 0 Å². The quantitative estimate of drug-likeness (QED) is 0.474. The second kappa shape index (κ2) is 5.07. The minimum absolute atomic E-state index is 8.20. The van der Waals surface area contributed by atoms with E-state index in [4.69, 9.17) is 4.55 Å². The van der Waals surface area contributed by atoms with Crippen LogP contribution in [0, 0.1) is 0 Å².